The van der Waals surface area contributed by atoms with Crippen LogP contribution in [0.15, 0.2) is 36.4 Å². The van der Waals surface area contributed by atoms with Gasteiger partial charge in [0, 0.05) is 22.5 Å². The van der Waals surface area contributed by atoms with Gasteiger partial charge in [-0.15, -0.1) is 0 Å². The summed E-state index contributed by atoms with van der Waals surface area (Å²) in [5, 5.41) is 10.3. The number of hydrogen-bond acceptors (Lipinski definition) is 3. The fourth-order valence-corrected chi connectivity index (χ4v) is 2.55. The van der Waals surface area contributed by atoms with E-state index in [1.807, 2.05) is 0 Å². The first kappa shape index (κ1) is 18.7. The molecule has 2 aromatic rings. The largest absolute Gasteiger partial charge is 0.490 e. The zero-order valence-electron chi connectivity index (χ0n) is 12.6. The second-order valence-electron chi connectivity index (χ2n) is 4.92. The van der Waals surface area contributed by atoms with Crippen LogP contribution in [-0.4, -0.2) is 24.3 Å². The summed E-state index contributed by atoms with van der Waals surface area (Å²) in [6.45, 7) is 0.533. The van der Waals surface area contributed by atoms with Gasteiger partial charge < -0.3 is 14.6 Å². The average Bonchev–Trinajstić information content (AvgIpc) is 2.54. The quantitative estimate of drug-likeness (QED) is 0.637. The highest BCUT2D eigenvalue weighted by molar-refractivity contribution is 6.34. The molecule has 0 unspecified atom stereocenters. The Morgan fingerprint density at radius 1 is 0.917 bits per heavy atom. The lowest BCUT2D eigenvalue weighted by molar-refractivity contribution is -0.136. The zero-order valence-corrected chi connectivity index (χ0v) is 14.9. The highest BCUT2D eigenvalue weighted by Gasteiger charge is 2.08. The van der Waals surface area contributed by atoms with Crippen LogP contribution in [0.25, 0.3) is 0 Å². The van der Waals surface area contributed by atoms with Crippen molar-refractivity contribution in [3.8, 4) is 11.5 Å². The van der Waals surface area contributed by atoms with Gasteiger partial charge in [-0.3, -0.25) is 4.79 Å². The zero-order chi connectivity index (χ0) is 17.5. The van der Waals surface area contributed by atoms with E-state index in [1.165, 1.54) is 0 Å². The molecule has 4 nitrogen and oxygen atoms in total. The molecule has 7 heteroatoms. The van der Waals surface area contributed by atoms with Gasteiger partial charge >= 0.3 is 5.97 Å². The minimum atomic E-state index is -0.875. The Hall–Kier alpha value is -1.62. The number of ether oxygens (including phenoxy) is 2. The predicted octanol–water partition coefficient (Wildman–Crippen LogP) is 5.12. The van der Waals surface area contributed by atoms with Gasteiger partial charge in [-0.25, -0.2) is 0 Å². The normalized spacial score (nSPS) is 10.5. The number of carboxylic acid groups (broad SMARTS) is 1. The number of aryl methyl sites for hydroxylation is 1. The fourth-order valence-electron chi connectivity index (χ4n) is 2.02. The van der Waals surface area contributed by atoms with Gasteiger partial charge in [0.15, 0.2) is 0 Å². The van der Waals surface area contributed by atoms with Crippen molar-refractivity contribution < 1.29 is 19.4 Å². The second-order valence-corrected chi connectivity index (χ2v) is 6.20. The Labute approximate surface area is 154 Å². The van der Waals surface area contributed by atoms with Gasteiger partial charge in [0.1, 0.15) is 24.7 Å². The van der Waals surface area contributed by atoms with Crippen molar-refractivity contribution in [1.82, 2.24) is 0 Å². The molecular weight excluding hydrogens is 375 g/mol. The minimum absolute atomic E-state index is 0.00528. The summed E-state index contributed by atoms with van der Waals surface area (Å²) in [6.07, 6.45) is 0.345. The third-order valence-corrected chi connectivity index (χ3v) is 3.90. The molecule has 24 heavy (non-hydrogen) atoms. The third kappa shape index (κ3) is 5.78. The Morgan fingerprint density at radius 3 is 2.25 bits per heavy atom. The van der Waals surface area contributed by atoms with Crippen molar-refractivity contribution in [2.45, 2.75) is 12.8 Å². The van der Waals surface area contributed by atoms with Crippen molar-refractivity contribution in [3.63, 3.8) is 0 Å². The van der Waals surface area contributed by atoms with Crippen LogP contribution in [0.3, 0.4) is 0 Å². The number of aliphatic carboxylic acids is 1. The topological polar surface area (TPSA) is 55.8 Å². The standard InChI is InChI=1S/C17H15Cl3O4/c18-12-3-5-15(11(9-12)1-6-17(21)22)23-7-8-24-16-10-13(19)2-4-14(16)20/h2-5,9-10H,1,6-8H2,(H,21,22). The van der Waals surface area contributed by atoms with E-state index in [4.69, 9.17) is 49.4 Å². The molecule has 0 aliphatic carbocycles. The van der Waals surface area contributed by atoms with Crippen LogP contribution >= 0.6 is 34.8 Å². The van der Waals surface area contributed by atoms with Gasteiger partial charge in [0.05, 0.1) is 5.02 Å². The van der Waals surface area contributed by atoms with E-state index in [2.05, 4.69) is 0 Å². The molecule has 2 rings (SSSR count). The lowest BCUT2D eigenvalue weighted by Crippen LogP contribution is -2.10. The van der Waals surface area contributed by atoms with Crippen LogP contribution in [0.2, 0.25) is 15.1 Å². The fraction of sp³-hybridized carbons (Fsp3) is 0.235. The molecule has 0 aliphatic rings. The van der Waals surface area contributed by atoms with Gasteiger partial charge in [-0.05, 0) is 42.3 Å². The number of hydrogen-bond donors (Lipinski definition) is 1. The predicted molar refractivity (Wildman–Crippen MR) is 94.9 cm³/mol. The molecule has 0 aromatic heterocycles. The Kier molecular flexibility index (Phi) is 7.03. The SMILES string of the molecule is O=C(O)CCc1cc(Cl)ccc1OCCOc1cc(Cl)ccc1Cl. The number of carboxylic acids is 1. The van der Waals surface area contributed by atoms with E-state index in [0.717, 1.165) is 5.56 Å². The maximum atomic E-state index is 10.7. The maximum Gasteiger partial charge on any atom is 0.303 e. The minimum Gasteiger partial charge on any atom is -0.490 e. The van der Waals surface area contributed by atoms with E-state index in [9.17, 15) is 4.79 Å². The van der Waals surface area contributed by atoms with Crippen LogP contribution in [0.1, 0.15) is 12.0 Å². The van der Waals surface area contributed by atoms with Gasteiger partial charge in [0.2, 0.25) is 0 Å². The van der Waals surface area contributed by atoms with Crippen LogP contribution in [-0.2, 0) is 11.2 Å². The summed E-state index contributed by atoms with van der Waals surface area (Å²) in [4.78, 5) is 10.7. The van der Waals surface area contributed by atoms with Gasteiger partial charge in [-0.1, -0.05) is 34.8 Å². The molecule has 0 amide bonds. The Morgan fingerprint density at radius 2 is 1.54 bits per heavy atom. The van der Waals surface area contributed by atoms with Crippen LogP contribution in [0.5, 0.6) is 11.5 Å². The molecule has 0 spiro atoms. The van der Waals surface area contributed by atoms with Crippen LogP contribution in [0, 0.1) is 0 Å². The molecule has 0 aliphatic heterocycles. The Bertz CT molecular complexity index is 719. The summed E-state index contributed by atoms with van der Waals surface area (Å²) < 4.78 is 11.2. The van der Waals surface area contributed by atoms with E-state index >= 15 is 0 Å². The molecule has 0 saturated carbocycles. The van der Waals surface area contributed by atoms with Crippen LogP contribution < -0.4 is 9.47 Å². The van der Waals surface area contributed by atoms with E-state index in [-0.39, 0.29) is 19.6 Å². The van der Waals surface area contributed by atoms with Gasteiger partial charge in [-0.2, -0.15) is 0 Å². The first-order valence-corrected chi connectivity index (χ1v) is 8.30. The molecular formula is C17H15Cl3O4. The Balaban J connectivity index is 1.91. The molecule has 0 fully saturated rings. The number of carbonyl (C=O) groups is 1. The van der Waals surface area contributed by atoms with E-state index in [0.29, 0.717) is 33.0 Å². The third-order valence-electron chi connectivity index (χ3n) is 3.12. The maximum absolute atomic E-state index is 10.7. The summed E-state index contributed by atoms with van der Waals surface area (Å²) in [6, 6.07) is 10.1. The molecule has 0 saturated heterocycles. The lowest BCUT2D eigenvalue weighted by Gasteiger charge is -2.13. The molecule has 128 valence electrons. The second kappa shape index (κ2) is 9.02. The molecule has 0 radical (unpaired) electrons. The number of benzene rings is 2. The van der Waals surface area contributed by atoms with E-state index < -0.39 is 5.97 Å². The van der Waals surface area contributed by atoms with Crippen molar-refractivity contribution in [2.24, 2.45) is 0 Å². The van der Waals surface area contributed by atoms with Gasteiger partial charge in [0.25, 0.3) is 0 Å². The summed E-state index contributed by atoms with van der Waals surface area (Å²) in [5.41, 5.74) is 0.741. The molecule has 1 N–H and O–H groups in total. The average molecular weight is 390 g/mol. The molecule has 0 bridgehead atoms. The number of halogens is 3. The smallest absolute Gasteiger partial charge is 0.303 e. The molecule has 0 heterocycles. The van der Waals surface area contributed by atoms with Crippen molar-refractivity contribution in [3.05, 3.63) is 57.0 Å². The van der Waals surface area contributed by atoms with Crippen molar-refractivity contribution in [2.75, 3.05) is 13.2 Å². The number of rotatable bonds is 8. The molecule has 0 atom stereocenters. The summed E-state index contributed by atoms with van der Waals surface area (Å²) in [7, 11) is 0. The van der Waals surface area contributed by atoms with Crippen LogP contribution in [0.4, 0.5) is 0 Å². The summed E-state index contributed by atoms with van der Waals surface area (Å²) >= 11 is 17.9. The highest BCUT2D eigenvalue weighted by atomic mass is 35.5. The van der Waals surface area contributed by atoms with Crippen molar-refractivity contribution >= 4 is 40.8 Å². The molecule has 2 aromatic carbocycles. The lowest BCUT2D eigenvalue weighted by atomic mass is 10.1. The first-order valence-electron chi connectivity index (χ1n) is 7.16. The summed E-state index contributed by atoms with van der Waals surface area (Å²) in [5.74, 6) is 0.191. The van der Waals surface area contributed by atoms with Crippen molar-refractivity contribution in [1.29, 1.82) is 0 Å². The highest BCUT2D eigenvalue weighted by Crippen LogP contribution is 2.28. The van der Waals surface area contributed by atoms with E-state index in [1.54, 1.807) is 36.4 Å². The first-order chi connectivity index (χ1) is 11.5. The monoisotopic (exact) mass is 388 g/mol.